The van der Waals surface area contributed by atoms with Crippen LogP contribution in [0.2, 0.25) is 0 Å². The zero-order valence-electron chi connectivity index (χ0n) is 12.2. The first-order valence-corrected chi connectivity index (χ1v) is 7.66. The molecule has 1 aromatic heterocycles. The predicted molar refractivity (Wildman–Crippen MR) is 84.2 cm³/mol. The zero-order valence-corrected chi connectivity index (χ0v) is 13.8. The van der Waals surface area contributed by atoms with Crippen LogP contribution >= 0.6 is 15.9 Å². The standard InChI is InChI=1S/C13H22BrN5O/c1-4-15-13-16-6-11(14)12(17-13)19-8-10(20)5-9(19)7-18(2)3/h6,9-10,20H,4-5,7-8H2,1-3H3,(H,15,16,17). The number of hydrogen-bond acceptors (Lipinski definition) is 6. The van der Waals surface area contributed by atoms with Crippen LogP contribution in [0.5, 0.6) is 0 Å². The van der Waals surface area contributed by atoms with Crippen molar-refractivity contribution < 1.29 is 5.11 Å². The Kier molecular flexibility index (Phi) is 5.17. The highest BCUT2D eigenvalue weighted by Crippen LogP contribution is 2.31. The largest absolute Gasteiger partial charge is 0.391 e. The van der Waals surface area contributed by atoms with Gasteiger partial charge in [0.25, 0.3) is 0 Å². The molecule has 2 atom stereocenters. The average Bonchev–Trinajstić information content (AvgIpc) is 2.72. The summed E-state index contributed by atoms with van der Waals surface area (Å²) in [5.74, 6) is 1.47. The molecule has 1 aliphatic rings. The molecule has 0 saturated carbocycles. The molecule has 0 aromatic carbocycles. The Morgan fingerprint density at radius 2 is 2.30 bits per heavy atom. The number of rotatable bonds is 5. The van der Waals surface area contributed by atoms with Crippen LogP contribution < -0.4 is 10.2 Å². The molecule has 0 amide bonds. The molecule has 2 rings (SSSR count). The molecule has 112 valence electrons. The lowest BCUT2D eigenvalue weighted by atomic mass is 10.2. The monoisotopic (exact) mass is 343 g/mol. The lowest BCUT2D eigenvalue weighted by molar-refractivity contribution is 0.191. The molecular formula is C13H22BrN5O. The van der Waals surface area contributed by atoms with Crippen molar-refractivity contribution in [2.24, 2.45) is 0 Å². The van der Waals surface area contributed by atoms with Gasteiger partial charge in [0.1, 0.15) is 5.82 Å². The van der Waals surface area contributed by atoms with Gasteiger partial charge in [0.05, 0.1) is 10.6 Å². The molecule has 1 fully saturated rings. The van der Waals surface area contributed by atoms with Crippen LogP contribution in [0.25, 0.3) is 0 Å². The quantitative estimate of drug-likeness (QED) is 0.836. The van der Waals surface area contributed by atoms with Crippen molar-refractivity contribution in [3.8, 4) is 0 Å². The number of aromatic nitrogens is 2. The van der Waals surface area contributed by atoms with Crippen molar-refractivity contribution in [2.45, 2.75) is 25.5 Å². The lowest BCUT2D eigenvalue weighted by Crippen LogP contribution is -2.38. The van der Waals surface area contributed by atoms with E-state index in [4.69, 9.17) is 0 Å². The molecule has 2 N–H and O–H groups in total. The van der Waals surface area contributed by atoms with Gasteiger partial charge in [0, 0.05) is 31.9 Å². The Balaban J connectivity index is 2.25. The van der Waals surface area contributed by atoms with E-state index in [1.165, 1.54) is 0 Å². The van der Waals surface area contributed by atoms with Crippen molar-refractivity contribution >= 4 is 27.7 Å². The van der Waals surface area contributed by atoms with Crippen LogP contribution in [-0.2, 0) is 0 Å². The van der Waals surface area contributed by atoms with E-state index in [0.29, 0.717) is 12.5 Å². The smallest absolute Gasteiger partial charge is 0.224 e. The maximum absolute atomic E-state index is 9.97. The van der Waals surface area contributed by atoms with Gasteiger partial charge in [-0.1, -0.05) is 0 Å². The number of likely N-dealkylation sites (N-methyl/N-ethyl adjacent to an activating group) is 1. The second-order valence-corrected chi connectivity index (χ2v) is 6.21. The maximum Gasteiger partial charge on any atom is 0.224 e. The summed E-state index contributed by atoms with van der Waals surface area (Å²) in [6, 6.07) is 0.265. The van der Waals surface area contributed by atoms with Gasteiger partial charge in [-0.25, -0.2) is 4.98 Å². The number of nitrogens with zero attached hydrogens (tertiary/aromatic N) is 4. The highest BCUT2D eigenvalue weighted by Gasteiger charge is 2.33. The van der Waals surface area contributed by atoms with Crippen molar-refractivity contribution in [3.05, 3.63) is 10.7 Å². The Bertz CT molecular complexity index is 456. The molecule has 7 heteroatoms. The predicted octanol–water partition coefficient (Wildman–Crippen LogP) is 1.17. The molecule has 0 radical (unpaired) electrons. The molecule has 2 heterocycles. The summed E-state index contributed by atoms with van der Waals surface area (Å²) in [6.07, 6.45) is 2.23. The number of anilines is 2. The fourth-order valence-corrected chi connectivity index (χ4v) is 2.97. The van der Waals surface area contributed by atoms with Gasteiger partial charge in [-0.05, 0) is 43.4 Å². The first kappa shape index (κ1) is 15.5. The summed E-state index contributed by atoms with van der Waals surface area (Å²) in [7, 11) is 4.09. The number of nitrogens with one attached hydrogen (secondary N) is 1. The van der Waals surface area contributed by atoms with Gasteiger partial charge in [0.15, 0.2) is 0 Å². The molecule has 1 saturated heterocycles. The molecule has 0 bridgehead atoms. The topological polar surface area (TPSA) is 64.5 Å². The average molecular weight is 344 g/mol. The Morgan fingerprint density at radius 3 is 2.95 bits per heavy atom. The molecular weight excluding hydrogens is 322 g/mol. The molecule has 2 unspecified atom stereocenters. The zero-order chi connectivity index (χ0) is 14.7. The summed E-state index contributed by atoms with van der Waals surface area (Å²) in [6.45, 7) is 4.30. The van der Waals surface area contributed by atoms with Crippen molar-refractivity contribution in [1.82, 2.24) is 14.9 Å². The molecule has 20 heavy (non-hydrogen) atoms. The van der Waals surface area contributed by atoms with Crippen molar-refractivity contribution in [2.75, 3.05) is 43.9 Å². The number of aliphatic hydroxyl groups is 1. The fourth-order valence-electron chi connectivity index (χ4n) is 2.55. The van der Waals surface area contributed by atoms with Crippen LogP contribution in [0.15, 0.2) is 10.7 Å². The van der Waals surface area contributed by atoms with E-state index in [1.54, 1.807) is 6.20 Å². The SMILES string of the molecule is CCNc1ncc(Br)c(N2CC(O)CC2CN(C)C)n1. The fraction of sp³-hybridized carbons (Fsp3) is 0.692. The molecule has 0 aliphatic carbocycles. The van der Waals surface area contributed by atoms with Crippen molar-refractivity contribution in [1.29, 1.82) is 0 Å². The van der Waals surface area contributed by atoms with E-state index < -0.39 is 0 Å². The Hall–Kier alpha value is -0.920. The minimum absolute atomic E-state index is 0.265. The molecule has 1 aliphatic heterocycles. The minimum Gasteiger partial charge on any atom is -0.391 e. The van der Waals surface area contributed by atoms with Gasteiger partial charge in [0.2, 0.25) is 5.95 Å². The summed E-state index contributed by atoms with van der Waals surface area (Å²) in [4.78, 5) is 13.1. The van der Waals surface area contributed by atoms with Crippen LogP contribution in [0.3, 0.4) is 0 Å². The van der Waals surface area contributed by atoms with E-state index in [1.807, 2.05) is 21.0 Å². The first-order chi connectivity index (χ1) is 9.51. The third-order valence-corrected chi connectivity index (χ3v) is 3.86. The van der Waals surface area contributed by atoms with E-state index in [2.05, 4.69) is 41.0 Å². The number of aliphatic hydroxyl groups excluding tert-OH is 1. The highest BCUT2D eigenvalue weighted by atomic mass is 79.9. The van der Waals surface area contributed by atoms with Gasteiger partial charge in [-0.15, -0.1) is 0 Å². The highest BCUT2D eigenvalue weighted by molar-refractivity contribution is 9.10. The summed E-state index contributed by atoms with van der Waals surface area (Å²) >= 11 is 3.52. The van der Waals surface area contributed by atoms with E-state index >= 15 is 0 Å². The van der Waals surface area contributed by atoms with E-state index in [-0.39, 0.29) is 12.1 Å². The summed E-state index contributed by atoms with van der Waals surface area (Å²) in [5, 5.41) is 13.1. The molecule has 6 nitrogen and oxygen atoms in total. The second kappa shape index (κ2) is 6.69. The first-order valence-electron chi connectivity index (χ1n) is 6.87. The number of hydrogen-bond donors (Lipinski definition) is 2. The summed E-state index contributed by atoms with van der Waals surface area (Å²) < 4.78 is 0.858. The van der Waals surface area contributed by atoms with Gasteiger partial charge >= 0.3 is 0 Å². The van der Waals surface area contributed by atoms with Crippen molar-refractivity contribution in [3.63, 3.8) is 0 Å². The van der Waals surface area contributed by atoms with Crippen LogP contribution in [0.1, 0.15) is 13.3 Å². The molecule has 1 aromatic rings. The Labute approximate surface area is 128 Å². The van der Waals surface area contributed by atoms with Gasteiger partial charge in [-0.3, -0.25) is 0 Å². The minimum atomic E-state index is -0.301. The van der Waals surface area contributed by atoms with Crippen LogP contribution in [0.4, 0.5) is 11.8 Å². The maximum atomic E-state index is 9.97. The summed E-state index contributed by atoms with van der Waals surface area (Å²) in [5.41, 5.74) is 0. The lowest BCUT2D eigenvalue weighted by Gasteiger charge is -2.28. The molecule has 0 spiro atoms. The van der Waals surface area contributed by atoms with Crippen LogP contribution in [-0.4, -0.2) is 65.8 Å². The normalized spacial score (nSPS) is 22.6. The third kappa shape index (κ3) is 3.59. The van der Waals surface area contributed by atoms with Gasteiger partial charge in [-0.2, -0.15) is 4.98 Å². The van der Waals surface area contributed by atoms with E-state index in [0.717, 1.165) is 29.8 Å². The van der Waals surface area contributed by atoms with E-state index in [9.17, 15) is 5.11 Å². The van der Waals surface area contributed by atoms with Crippen LogP contribution in [0, 0.1) is 0 Å². The third-order valence-electron chi connectivity index (χ3n) is 3.30. The number of halogens is 1. The van der Waals surface area contributed by atoms with Gasteiger partial charge < -0.3 is 20.2 Å². The number of β-amino-alcohol motifs (C(OH)–C–C–N with tert-alkyl or cyclic N) is 1. The second-order valence-electron chi connectivity index (χ2n) is 5.35. The Morgan fingerprint density at radius 1 is 1.55 bits per heavy atom.